The number of hydrogen-bond donors (Lipinski definition) is 2. The number of benzene rings is 2. The Morgan fingerprint density at radius 3 is 2.58 bits per heavy atom. The lowest BCUT2D eigenvalue weighted by Gasteiger charge is -2.12. The molecular weight excluding hydrogens is 241 g/mol. The van der Waals surface area contributed by atoms with Crippen LogP contribution in [0.5, 0.6) is 0 Å². The molecule has 19 heavy (non-hydrogen) atoms. The summed E-state index contributed by atoms with van der Waals surface area (Å²) < 4.78 is 12.8. The molecule has 0 saturated carbocycles. The van der Waals surface area contributed by atoms with Gasteiger partial charge in [-0.1, -0.05) is 24.3 Å². The van der Waals surface area contributed by atoms with Crippen LogP contribution in [-0.2, 0) is 0 Å². The van der Waals surface area contributed by atoms with Crippen LogP contribution in [0.4, 0.5) is 10.1 Å². The van der Waals surface area contributed by atoms with Crippen LogP contribution in [-0.4, -0.2) is 11.7 Å². The van der Waals surface area contributed by atoms with Crippen molar-refractivity contribution in [3.8, 4) is 0 Å². The first-order valence-electron chi connectivity index (χ1n) is 6.39. The molecule has 0 radical (unpaired) electrons. The Bertz CT molecular complexity index is 525. The lowest BCUT2D eigenvalue weighted by Crippen LogP contribution is -2.07. The number of aliphatic hydroxyl groups is 1. The Hall–Kier alpha value is -1.87. The van der Waals surface area contributed by atoms with Crippen molar-refractivity contribution in [1.29, 1.82) is 0 Å². The maximum absolute atomic E-state index is 12.8. The van der Waals surface area contributed by atoms with Crippen LogP contribution in [0.1, 0.15) is 23.7 Å². The van der Waals surface area contributed by atoms with Crippen LogP contribution in [0.15, 0.2) is 48.5 Å². The average molecular weight is 259 g/mol. The average Bonchev–Trinajstić information content (AvgIpc) is 2.39. The number of aliphatic hydroxyl groups excluding tert-OH is 1. The van der Waals surface area contributed by atoms with Gasteiger partial charge >= 0.3 is 0 Å². The third-order valence-electron chi connectivity index (χ3n) is 3.02. The van der Waals surface area contributed by atoms with Crippen molar-refractivity contribution in [2.75, 3.05) is 11.9 Å². The Labute approximate surface area is 112 Å². The molecule has 2 aromatic rings. The minimum Gasteiger partial charge on any atom is -0.388 e. The molecule has 0 aromatic heterocycles. The predicted octanol–water partition coefficient (Wildman–Crippen LogP) is 3.67. The van der Waals surface area contributed by atoms with Gasteiger partial charge < -0.3 is 10.4 Å². The van der Waals surface area contributed by atoms with Crippen molar-refractivity contribution in [3.05, 3.63) is 65.5 Å². The first-order valence-corrected chi connectivity index (χ1v) is 6.39. The van der Waals surface area contributed by atoms with E-state index in [1.165, 1.54) is 17.7 Å². The number of aryl methyl sites for hydroxylation is 1. The van der Waals surface area contributed by atoms with Crippen molar-refractivity contribution < 1.29 is 9.50 Å². The third-order valence-corrected chi connectivity index (χ3v) is 3.02. The Morgan fingerprint density at radius 2 is 1.89 bits per heavy atom. The van der Waals surface area contributed by atoms with E-state index in [-0.39, 0.29) is 5.82 Å². The fraction of sp³-hybridized carbons (Fsp3) is 0.250. The van der Waals surface area contributed by atoms with E-state index in [2.05, 4.69) is 11.4 Å². The summed E-state index contributed by atoms with van der Waals surface area (Å²) in [7, 11) is 0. The molecular formula is C16H18FNO. The fourth-order valence-electron chi connectivity index (χ4n) is 1.96. The number of hydrogen-bond acceptors (Lipinski definition) is 2. The minimum absolute atomic E-state index is 0.283. The molecule has 1 atom stereocenters. The van der Waals surface area contributed by atoms with E-state index in [4.69, 9.17) is 0 Å². The summed E-state index contributed by atoms with van der Waals surface area (Å²) in [5.74, 6) is -0.283. The van der Waals surface area contributed by atoms with Crippen molar-refractivity contribution in [2.24, 2.45) is 0 Å². The zero-order chi connectivity index (χ0) is 13.7. The van der Waals surface area contributed by atoms with Gasteiger partial charge in [-0.05, 0) is 48.7 Å². The summed E-state index contributed by atoms with van der Waals surface area (Å²) in [6.45, 7) is 2.71. The van der Waals surface area contributed by atoms with E-state index in [1.807, 2.05) is 25.1 Å². The molecule has 100 valence electrons. The number of anilines is 1. The van der Waals surface area contributed by atoms with E-state index >= 15 is 0 Å². The first kappa shape index (κ1) is 13.6. The van der Waals surface area contributed by atoms with Crippen LogP contribution in [0.2, 0.25) is 0 Å². The molecule has 0 saturated heterocycles. The molecule has 2 aromatic carbocycles. The van der Waals surface area contributed by atoms with E-state index < -0.39 is 6.10 Å². The van der Waals surface area contributed by atoms with Crippen LogP contribution in [0, 0.1) is 12.7 Å². The summed E-state index contributed by atoms with van der Waals surface area (Å²) in [6, 6.07) is 14.1. The molecule has 1 unspecified atom stereocenters. The van der Waals surface area contributed by atoms with Crippen LogP contribution in [0.3, 0.4) is 0 Å². The molecule has 0 bridgehead atoms. The van der Waals surface area contributed by atoms with Crippen molar-refractivity contribution in [2.45, 2.75) is 19.4 Å². The summed E-state index contributed by atoms with van der Waals surface area (Å²) >= 11 is 0. The van der Waals surface area contributed by atoms with Gasteiger partial charge in [-0.25, -0.2) is 4.39 Å². The Morgan fingerprint density at radius 1 is 1.16 bits per heavy atom. The van der Waals surface area contributed by atoms with Gasteiger partial charge in [0.05, 0.1) is 6.10 Å². The van der Waals surface area contributed by atoms with E-state index in [9.17, 15) is 9.50 Å². The topological polar surface area (TPSA) is 32.3 Å². The maximum atomic E-state index is 12.8. The number of rotatable bonds is 5. The SMILES string of the molecule is Cc1cccc(NCCC(O)c2ccc(F)cc2)c1. The second-order valence-electron chi connectivity index (χ2n) is 4.65. The highest BCUT2D eigenvalue weighted by Crippen LogP contribution is 2.17. The van der Waals surface area contributed by atoms with Gasteiger partial charge in [0.2, 0.25) is 0 Å². The monoisotopic (exact) mass is 259 g/mol. The Balaban J connectivity index is 1.84. The quantitative estimate of drug-likeness (QED) is 0.858. The standard InChI is InChI=1S/C16H18FNO/c1-12-3-2-4-15(11-12)18-10-9-16(19)13-5-7-14(17)8-6-13/h2-8,11,16,18-19H,9-10H2,1H3. The largest absolute Gasteiger partial charge is 0.388 e. The summed E-state index contributed by atoms with van der Waals surface area (Å²) in [5, 5.41) is 13.2. The predicted molar refractivity (Wildman–Crippen MR) is 75.6 cm³/mol. The Kier molecular flexibility index (Phi) is 4.53. The van der Waals surface area contributed by atoms with Gasteiger partial charge in [0.1, 0.15) is 5.82 Å². The van der Waals surface area contributed by atoms with Gasteiger partial charge in [-0.3, -0.25) is 0 Å². The molecule has 2 nitrogen and oxygen atoms in total. The van der Waals surface area contributed by atoms with Crippen molar-refractivity contribution in [1.82, 2.24) is 0 Å². The second-order valence-corrected chi connectivity index (χ2v) is 4.65. The second kappa shape index (κ2) is 6.34. The minimum atomic E-state index is -0.571. The van der Waals surface area contributed by atoms with Crippen molar-refractivity contribution in [3.63, 3.8) is 0 Å². The molecule has 0 aliphatic heterocycles. The third kappa shape index (κ3) is 4.07. The fourth-order valence-corrected chi connectivity index (χ4v) is 1.96. The highest BCUT2D eigenvalue weighted by atomic mass is 19.1. The van der Waals surface area contributed by atoms with Gasteiger partial charge in [-0.2, -0.15) is 0 Å². The molecule has 2 N–H and O–H groups in total. The van der Waals surface area contributed by atoms with Crippen LogP contribution < -0.4 is 5.32 Å². The molecule has 0 aliphatic carbocycles. The van der Waals surface area contributed by atoms with E-state index in [1.54, 1.807) is 12.1 Å². The lowest BCUT2D eigenvalue weighted by atomic mass is 10.1. The number of halogens is 1. The van der Waals surface area contributed by atoms with Crippen LogP contribution in [0.25, 0.3) is 0 Å². The lowest BCUT2D eigenvalue weighted by molar-refractivity contribution is 0.171. The van der Waals surface area contributed by atoms with Gasteiger partial charge in [0.25, 0.3) is 0 Å². The molecule has 0 fully saturated rings. The van der Waals surface area contributed by atoms with E-state index in [0.29, 0.717) is 13.0 Å². The summed E-state index contributed by atoms with van der Waals surface area (Å²) in [4.78, 5) is 0. The van der Waals surface area contributed by atoms with Gasteiger partial charge in [-0.15, -0.1) is 0 Å². The zero-order valence-electron chi connectivity index (χ0n) is 10.9. The summed E-state index contributed by atoms with van der Waals surface area (Å²) in [5.41, 5.74) is 2.99. The molecule has 0 amide bonds. The molecule has 0 aliphatic rings. The molecule has 0 spiro atoms. The normalized spacial score (nSPS) is 12.2. The van der Waals surface area contributed by atoms with E-state index in [0.717, 1.165) is 11.3 Å². The first-order chi connectivity index (χ1) is 9.15. The van der Waals surface area contributed by atoms with Gasteiger partial charge in [0, 0.05) is 12.2 Å². The van der Waals surface area contributed by atoms with Crippen LogP contribution >= 0.6 is 0 Å². The van der Waals surface area contributed by atoms with Gasteiger partial charge in [0.15, 0.2) is 0 Å². The van der Waals surface area contributed by atoms with Crippen molar-refractivity contribution >= 4 is 5.69 Å². The number of nitrogens with one attached hydrogen (secondary N) is 1. The highest BCUT2D eigenvalue weighted by molar-refractivity contribution is 5.45. The summed E-state index contributed by atoms with van der Waals surface area (Å²) in [6.07, 6.45) is 0.0115. The zero-order valence-corrected chi connectivity index (χ0v) is 10.9. The smallest absolute Gasteiger partial charge is 0.123 e. The molecule has 0 heterocycles. The highest BCUT2D eigenvalue weighted by Gasteiger charge is 2.07. The molecule has 3 heteroatoms. The maximum Gasteiger partial charge on any atom is 0.123 e. The molecule has 2 rings (SSSR count).